The Bertz CT molecular complexity index is 527. The van der Waals surface area contributed by atoms with Crippen molar-refractivity contribution < 1.29 is 24.2 Å². The minimum atomic E-state index is -1.50. The molecule has 22 heavy (non-hydrogen) atoms. The van der Waals surface area contributed by atoms with Gasteiger partial charge in [0.1, 0.15) is 12.7 Å². The number of hydrogen-bond donors (Lipinski definition) is 1. The lowest BCUT2D eigenvalue weighted by atomic mass is 9.80. The molecule has 0 aromatic carbocycles. The maximum absolute atomic E-state index is 12.4. The van der Waals surface area contributed by atoms with Gasteiger partial charge >= 0.3 is 11.9 Å². The standard InChI is InChI=1S/C16H23NO5/c1-9-14(18)21-8-11-4-6-17-7-5-12(13(11)17)22-15(19)10(2)16(9,3)20/h4,9-10,12-13,20H,5-8H2,1-3H3/t9-,10+,12+,13-,16-/m1/s1. The third-order valence-electron chi connectivity index (χ3n) is 5.52. The maximum Gasteiger partial charge on any atom is 0.311 e. The summed E-state index contributed by atoms with van der Waals surface area (Å²) in [7, 11) is 0. The van der Waals surface area contributed by atoms with Crippen LogP contribution in [-0.4, -0.2) is 59.4 Å². The Balaban J connectivity index is 1.92. The van der Waals surface area contributed by atoms with Gasteiger partial charge in [0.25, 0.3) is 0 Å². The van der Waals surface area contributed by atoms with Crippen molar-refractivity contribution in [2.75, 3.05) is 19.7 Å². The molecule has 0 amide bonds. The number of carbonyl (C=O) groups excluding carboxylic acids is 2. The fraction of sp³-hybridized carbons (Fsp3) is 0.750. The summed E-state index contributed by atoms with van der Waals surface area (Å²) in [4.78, 5) is 26.8. The van der Waals surface area contributed by atoms with Crippen molar-refractivity contribution in [1.29, 1.82) is 0 Å². The van der Waals surface area contributed by atoms with Gasteiger partial charge in [-0.25, -0.2) is 0 Å². The van der Waals surface area contributed by atoms with E-state index in [0.717, 1.165) is 25.1 Å². The van der Waals surface area contributed by atoms with Crippen molar-refractivity contribution in [1.82, 2.24) is 4.90 Å². The predicted octanol–water partition coefficient (Wildman–Crippen LogP) is 0.492. The summed E-state index contributed by atoms with van der Waals surface area (Å²) in [5.41, 5.74) is -0.509. The van der Waals surface area contributed by atoms with Gasteiger partial charge in [-0.3, -0.25) is 14.5 Å². The molecule has 0 aromatic heterocycles. The van der Waals surface area contributed by atoms with Crippen LogP contribution in [0, 0.1) is 11.8 Å². The second kappa shape index (κ2) is 5.35. The Morgan fingerprint density at radius 1 is 1.27 bits per heavy atom. The first-order valence-corrected chi connectivity index (χ1v) is 7.85. The van der Waals surface area contributed by atoms with Gasteiger partial charge < -0.3 is 14.6 Å². The van der Waals surface area contributed by atoms with Gasteiger partial charge in [-0.1, -0.05) is 6.08 Å². The van der Waals surface area contributed by atoms with Gasteiger partial charge in [0.15, 0.2) is 0 Å². The van der Waals surface area contributed by atoms with E-state index in [0.29, 0.717) is 0 Å². The highest BCUT2D eigenvalue weighted by molar-refractivity contribution is 5.78. The highest BCUT2D eigenvalue weighted by atomic mass is 16.6. The molecule has 2 saturated heterocycles. The Labute approximate surface area is 130 Å². The Morgan fingerprint density at radius 2 is 1.95 bits per heavy atom. The molecule has 1 N–H and O–H groups in total. The zero-order chi connectivity index (χ0) is 16.1. The summed E-state index contributed by atoms with van der Waals surface area (Å²) in [6.07, 6.45) is 2.58. The number of cyclic esters (lactones) is 1. The summed E-state index contributed by atoms with van der Waals surface area (Å²) in [6, 6.07) is 0.00213. The van der Waals surface area contributed by atoms with E-state index in [9.17, 15) is 14.7 Å². The van der Waals surface area contributed by atoms with Gasteiger partial charge in [0.05, 0.1) is 23.5 Å². The molecule has 2 fully saturated rings. The van der Waals surface area contributed by atoms with Gasteiger partial charge in [-0.2, -0.15) is 0 Å². The molecule has 3 heterocycles. The third kappa shape index (κ3) is 2.34. The highest BCUT2D eigenvalue weighted by Crippen LogP contribution is 2.35. The second-order valence-corrected chi connectivity index (χ2v) is 6.76. The van der Waals surface area contributed by atoms with E-state index in [1.54, 1.807) is 13.8 Å². The van der Waals surface area contributed by atoms with Crippen molar-refractivity contribution in [3.05, 3.63) is 11.6 Å². The molecule has 3 aliphatic heterocycles. The molecule has 0 bridgehead atoms. The SMILES string of the molecule is C[C@@H]1C(=O)OCC2=CCN3CC[C@H](OC(=O)[C@H](C)[C@]1(C)O)[C@@H]23. The van der Waals surface area contributed by atoms with Crippen LogP contribution in [0.1, 0.15) is 27.2 Å². The van der Waals surface area contributed by atoms with E-state index in [-0.39, 0.29) is 18.8 Å². The van der Waals surface area contributed by atoms with E-state index in [1.165, 1.54) is 6.92 Å². The molecule has 6 nitrogen and oxygen atoms in total. The largest absolute Gasteiger partial charge is 0.461 e. The molecule has 0 unspecified atom stereocenters. The fourth-order valence-corrected chi connectivity index (χ4v) is 3.51. The van der Waals surface area contributed by atoms with E-state index < -0.39 is 29.4 Å². The molecule has 5 atom stereocenters. The molecule has 3 rings (SSSR count). The maximum atomic E-state index is 12.4. The molecule has 0 aromatic rings. The smallest absolute Gasteiger partial charge is 0.311 e. The summed E-state index contributed by atoms with van der Waals surface area (Å²) in [5, 5.41) is 10.6. The number of nitrogens with zero attached hydrogens (tertiary/aromatic N) is 1. The third-order valence-corrected chi connectivity index (χ3v) is 5.52. The number of esters is 2. The molecule has 0 saturated carbocycles. The molecule has 122 valence electrons. The lowest BCUT2D eigenvalue weighted by Crippen LogP contribution is -2.48. The summed E-state index contributed by atoms with van der Waals surface area (Å²) < 4.78 is 11.1. The van der Waals surface area contributed by atoms with Crippen molar-refractivity contribution >= 4 is 11.9 Å². The summed E-state index contributed by atoms with van der Waals surface area (Å²) in [6.45, 7) is 6.53. The molecule has 0 spiro atoms. The Kier molecular flexibility index (Phi) is 3.77. The number of hydrogen-bond acceptors (Lipinski definition) is 6. The number of rotatable bonds is 0. The summed E-state index contributed by atoms with van der Waals surface area (Å²) >= 11 is 0. The van der Waals surface area contributed by atoms with Crippen LogP contribution < -0.4 is 0 Å². The molecule has 3 aliphatic rings. The van der Waals surface area contributed by atoms with Crippen molar-refractivity contribution in [3.63, 3.8) is 0 Å². The second-order valence-electron chi connectivity index (χ2n) is 6.76. The topological polar surface area (TPSA) is 76.1 Å². The van der Waals surface area contributed by atoms with Crippen LogP contribution in [0.3, 0.4) is 0 Å². The number of ether oxygens (including phenoxy) is 2. The van der Waals surface area contributed by atoms with Crippen molar-refractivity contribution in [2.24, 2.45) is 11.8 Å². The highest BCUT2D eigenvalue weighted by Gasteiger charge is 2.48. The van der Waals surface area contributed by atoms with Crippen LogP contribution in [0.15, 0.2) is 11.6 Å². The lowest BCUT2D eigenvalue weighted by molar-refractivity contribution is -0.171. The van der Waals surface area contributed by atoms with Crippen molar-refractivity contribution in [3.8, 4) is 0 Å². The van der Waals surface area contributed by atoms with E-state index >= 15 is 0 Å². The molecule has 0 aliphatic carbocycles. The van der Waals surface area contributed by atoms with Gasteiger partial charge in [0, 0.05) is 13.1 Å². The normalized spacial score (nSPS) is 43.0. The predicted molar refractivity (Wildman–Crippen MR) is 77.9 cm³/mol. The first-order chi connectivity index (χ1) is 10.3. The number of aliphatic hydroxyl groups is 1. The molecular weight excluding hydrogens is 286 g/mol. The monoisotopic (exact) mass is 309 g/mol. The fourth-order valence-electron chi connectivity index (χ4n) is 3.51. The van der Waals surface area contributed by atoms with Gasteiger partial charge in [-0.15, -0.1) is 0 Å². The average Bonchev–Trinajstić information content (AvgIpc) is 3.05. The number of carbonyl (C=O) groups is 2. The molecule has 0 radical (unpaired) electrons. The van der Waals surface area contributed by atoms with Crippen LogP contribution in [0.5, 0.6) is 0 Å². The summed E-state index contributed by atoms with van der Waals surface area (Å²) in [5.74, 6) is -2.53. The molecule has 6 heteroatoms. The average molecular weight is 309 g/mol. The quantitative estimate of drug-likeness (QED) is 0.518. The van der Waals surface area contributed by atoms with Crippen LogP contribution >= 0.6 is 0 Å². The van der Waals surface area contributed by atoms with E-state index in [4.69, 9.17) is 9.47 Å². The Hall–Kier alpha value is -1.40. The van der Waals surface area contributed by atoms with Crippen LogP contribution in [0.4, 0.5) is 0 Å². The first-order valence-electron chi connectivity index (χ1n) is 7.85. The Morgan fingerprint density at radius 3 is 2.68 bits per heavy atom. The van der Waals surface area contributed by atoms with Gasteiger partial charge in [-0.05, 0) is 32.8 Å². The van der Waals surface area contributed by atoms with Crippen LogP contribution in [-0.2, 0) is 19.1 Å². The minimum Gasteiger partial charge on any atom is -0.461 e. The first kappa shape index (κ1) is 15.5. The zero-order valence-electron chi connectivity index (χ0n) is 13.2. The van der Waals surface area contributed by atoms with Crippen LogP contribution in [0.2, 0.25) is 0 Å². The molecular formula is C16H23NO5. The van der Waals surface area contributed by atoms with E-state index in [2.05, 4.69) is 4.90 Å². The minimum absolute atomic E-state index is 0.00213. The lowest BCUT2D eigenvalue weighted by Gasteiger charge is -2.33. The van der Waals surface area contributed by atoms with Gasteiger partial charge in [0.2, 0.25) is 0 Å². The van der Waals surface area contributed by atoms with Crippen LogP contribution in [0.25, 0.3) is 0 Å². The zero-order valence-corrected chi connectivity index (χ0v) is 13.2. The van der Waals surface area contributed by atoms with E-state index in [1.807, 2.05) is 6.08 Å². The van der Waals surface area contributed by atoms with Crippen molar-refractivity contribution in [2.45, 2.75) is 44.9 Å².